The Labute approximate surface area is 122 Å². The van der Waals surface area contributed by atoms with Gasteiger partial charge < -0.3 is 15.2 Å². The molecule has 0 aliphatic carbocycles. The highest BCUT2D eigenvalue weighted by Gasteiger charge is 2.16. The molecule has 0 saturated heterocycles. The molecule has 2 rings (SSSR count). The molecule has 2 aromatic carbocycles. The van der Waals surface area contributed by atoms with Crippen molar-refractivity contribution in [2.75, 3.05) is 12.4 Å². The molecule has 2 N–H and O–H groups in total. The molecular weight excluding hydrogens is 268 g/mol. The molecule has 0 radical (unpaired) electrons. The van der Waals surface area contributed by atoms with Gasteiger partial charge in [0, 0.05) is 11.1 Å². The Kier molecular flexibility index (Phi) is 4.10. The third-order valence-electron chi connectivity index (χ3n) is 3.15. The summed E-state index contributed by atoms with van der Waals surface area (Å²) in [7, 11) is 1.46. The van der Waals surface area contributed by atoms with Gasteiger partial charge in [-0.3, -0.25) is 4.79 Å². The SMILES string of the molecule is COc1cccc(C#N)c1NC(=O)c1cccc(O)c1C. The first-order valence-corrected chi connectivity index (χ1v) is 6.25. The van der Waals surface area contributed by atoms with E-state index in [4.69, 9.17) is 10.00 Å². The average Bonchev–Trinajstić information content (AvgIpc) is 2.50. The lowest BCUT2D eigenvalue weighted by Crippen LogP contribution is -2.15. The minimum atomic E-state index is -0.413. The van der Waals surface area contributed by atoms with E-state index in [1.54, 1.807) is 37.3 Å². The Balaban J connectivity index is 2.41. The lowest BCUT2D eigenvalue weighted by molar-refractivity contribution is 0.102. The molecule has 0 fully saturated rings. The number of nitrogens with one attached hydrogen (secondary N) is 1. The third kappa shape index (κ3) is 2.79. The van der Waals surface area contributed by atoms with Crippen molar-refractivity contribution in [2.45, 2.75) is 6.92 Å². The van der Waals surface area contributed by atoms with Gasteiger partial charge in [0.15, 0.2) is 0 Å². The Bertz CT molecular complexity index is 733. The maximum absolute atomic E-state index is 12.3. The molecule has 0 saturated carbocycles. The number of hydrogen-bond donors (Lipinski definition) is 2. The number of carbonyl (C=O) groups is 1. The van der Waals surface area contributed by atoms with Crippen LogP contribution in [-0.4, -0.2) is 18.1 Å². The molecule has 0 aliphatic heterocycles. The van der Waals surface area contributed by atoms with Crippen LogP contribution in [0.2, 0.25) is 0 Å². The van der Waals surface area contributed by atoms with Crippen molar-refractivity contribution in [3.8, 4) is 17.6 Å². The molecule has 0 unspecified atom stereocenters. The minimum Gasteiger partial charge on any atom is -0.508 e. The summed E-state index contributed by atoms with van der Waals surface area (Å²) in [5, 5.41) is 21.5. The predicted octanol–water partition coefficient (Wildman–Crippen LogP) is 2.83. The highest BCUT2D eigenvalue weighted by molar-refractivity contribution is 6.07. The molecule has 0 heterocycles. The maximum Gasteiger partial charge on any atom is 0.256 e. The summed E-state index contributed by atoms with van der Waals surface area (Å²) in [5.41, 5.74) is 1.43. The summed E-state index contributed by atoms with van der Waals surface area (Å²) in [6, 6.07) is 11.6. The van der Waals surface area contributed by atoms with Gasteiger partial charge in [-0.2, -0.15) is 5.26 Å². The van der Waals surface area contributed by atoms with Crippen molar-refractivity contribution >= 4 is 11.6 Å². The summed E-state index contributed by atoms with van der Waals surface area (Å²) in [6.45, 7) is 1.65. The number of phenolic OH excluding ortho intramolecular Hbond substituents is 1. The van der Waals surface area contributed by atoms with E-state index in [2.05, 4.69) is 5.32 Å². The standard InChI is InChI=1S/C16H14N2O3/c1-10-12(6-4-7-13(10)19)16(20)18-15-11(9-17)5-3-8-14(15)21-2/h3-8,19H,1-2H3,(H,18,20). The van der Waals surface area contributed by atoms with Gasteiger partial charge in [0.05, 0.1) is 12.7 Å². The number of nitriles is 1. The number of ether oxygens (including phenoxy) is 1. The molecule has 0 aliphatic rings. The third-order valence-corrected chi connectivity index (χ3v) is 3.15. The van der Waals surface area contributed by atoms with Crippen LogP contribution in [0.1, 0.15) is 21.5 Å². The summed E-state index contributed by atoms with van der Waals surface area (Å²) in [6.07, 6.45) is 0. The molecule has 5 nitrogen and oxygen atoms in total. The van der Waals surface area contributed by atoms with Crippen LogP contribution >= 0.6 is 0 Å². The van der Waals surface area contributed by atoms with E-state index in [-0.39, 0.29) is 5.75 Å². The number of methoxy groups -OCH3 is 1. The van der Waals surface area contributed by atoms with E-state index >= 15 is 0 Å². The van der Waals surface area contributed by atoms with Crippen LogP contribution in [0.25, 0.3) is 0 Å². The van der Waals surface area contributed by atoms with Gasteiger partial charge in [0.1, 0.15) is 23.3 Å². The highest BCUT2D eigenvalue weighted by atomic mass is 16.5. The van der Waals surface area contributed by atoms with Crippen molar-refractivity contribution in [3.63, 3.8) is 0 Å². The fraction of sp³-hybridized carbons (Fsp3) is 0.125. The molecular formula is C16H14N2O3. The lowest BCUT2D eigenvalue weighted by atomic mass is 10.1. The summed E-state index contributed by atoms with van der Waals surface area (Å²) >= 11 is 0. The van der Waals surface area contributed by atoms with Gasteiger partial charge in [0.25, 0.3) is 5.91 Å². The zero-order chi connectivity index (χ0) is 15.4. The van der Waals surface area contributed by atoms with Gasteiger partial charge in [-0.05, 0) is 31.2 Å². The molecule has 21 heavy (non-hydrogen) atoms. The van der Waals surface area contributed by atoms with E-state index in [1.165, 1.54) is 13.2 Å². The number of amides is 1. The topological polar surface area (TPSA) is 82.3 Å². The van der Waals surface area contributed by atoms with Crippen LogP contribution < -0.4 is 10.1 Å². The fourth-order valence-corrected chi connectivity index (χ4v) is 1.97. The Morgan fingerprint density at radius 2 is 2.00 bits per heavy atom. The van der Waals surface area contributed by atoms with Gasteiger partial charge in [-0.25, -0.2) is 0 Å². The fourth-order valence-electron chi connectivity index (χ4n) is 1.97. The number of aromatic hydroxyl groups is 1. The highest BCUT2D eigenvalue weighted by Crippen LogP contribution is 2.29. The Morgan fingerprint density at radius 1 is 1.29 bits per heavy atom. The van der Waals surface area contributed by atoms with Crippen molar-refractivity contribution < 1.29 is 14.6 Å². The second-order valence-corrected chi connectivity index (χ2v) is 4.40. The summed E-state index contributed by atoms with van der Waals surface area (Å²) in [5.74, 6) is 0.0350. The summed E-state index contributed by atoms with van der Waals surface area (Å²) in [4.78, 5) is 12.3. The van der Waals surface area contributed by atoms with E-state index in [0.717, 1.165) is 0 Å². The normalized spacial score (nSPS) is 9.76. The van der Waals surface area contributed by atoms with Crippen LogP contribution in [0.5, 0.6) is 11.5 Å². The zero-order valence-electron chi connectivity index (χ0n) is 11.7. The van der Waals surface area contributed by atoms with Gasteiger partial charge in [-0.15, -0.1) is 0 Å². The first-order valence-electron chi connectivity index (χ1n) is 6.25. The maximum atomic E-state index is 12.3. The van der Waals surface area contributed by atoms with Gasteiger partial charge >= 0.3 is 0 Å². The van der Waals surface area contributed by atoms with Crippen LogP contribution in [0.15, 0.2) is 36.4 Å². The predicted molar refractivity (Wildman–Crippen MR) is 78.5 cm³/mol. The average molecular weight is 282 g/mol. The summed E-state index contributed by atoms with van der Waals surface area (Å²) < 4.78 is 5.16. The van der Waals surface area contributed by atoms with Crippen LogP contribution in [0.4, 0.5) is 5.69 Å². The number of para-hydroxylation sites is 1. The van der Waals surface area contributed by atoms with Crippen molar-refractivity contribution in [1.29, 1.82) is 5.26 Å². The number of anilines is 1. The Morgan fingerprint density at radius 3 is 2.67 bits per heavy atom. The van der Waals surface area contributed by atoms with Crippen LogP contribution in [-0.2, 0) is 0 Å². The zero-order valence-corrected chi connectivity index (χ0v) is 11.7. The molecule has 0 aromatic heterocycles. The van der Waals surface area contributed by atoms with Gasteiger partial charge in [-0.1, -0.05) is 12.1 Å². The van der Waals surface area contributed by atoms with Crippen molar-refractivity contribution in [3.05, 3.63) is 53.1 Å². The molecule has 0 spiro atoms. The molecule has 2 aromatic rings. The van der Waals surface area contributed by atoms with E-state index in [9.17, 15) is 9.90 Å². The quantitative estimate of drug-likeness (QED) is 0.906. The molecule has 0 atom stereocenters. The number of hydrogen-bond acceptors (Lipinski definition) is 4. The number of benzene rings is 2. The molecule has 0 bridgehead atoms. The van der Waals surface area contributed by atoms with Gasteiger partial charge in [0.2, 0.25) is 0 Å². The second-order valence-electron chi connectivity index (χ2n) is 4.40. The minimum absolute atomic E-state index is 0.0446. The molecule has 106 valence electrons. The monoisotopic (exact) mass is 282 g/mol. The van der Waals surface area contributed by atoms with Crippen LogP contribution in [0, 0.1) is 18.3 Å². The van der Waals surface area contributed by atoms with Crippen molar-refractivity contribution in [2.24, 2.45) is 0 Å². The lowest BCUT2D eigenvalue weighted by Gasteiger charge is -2.13. The second kappa shape index (κ2) is 5.97. The first-order chi connectivity index (χ1) is 10.1. The first kappa shape index (κ1) is 14.4. The number of nitrogens with zero attached hydrogens (tertiary/aromatic N) is 1. The van der Waals surface area contributed by atoms with Crippen molar-refractivity contribution in [1.82, 2.24) is 0 Å². The molecule has 5 heteroatoms. The number of rotatable bonds is 3. The largest absolute Gasteiger partial charge is 0.508 e. The van der Waals surface area contributed by atoms with Crippen LogP contribution in [0.3, 0.4) is 0 Å². The number of phenols is 1. The Hall–Kier alpha value is -3.00. The van der Waals surface area contributed by atoms with E-state index < -0.39 is 5.91 Å². The van der Waals surface area contributed by atoms with E-state index in [1.807, 2.05) is 6.07 Å². The number of carbonyl (C=O) groups excluding carboxylic acids is 1. The van der Waals surface area contributed by atoms with E-state index in [0.29, 0.717) is 28.1 Å². The molecule has 1 amide bonds. The smallest absolute Gasteiger partial charge is 0.256 e.